The second kappa shape index (κ2) is 17.0. The lowest BCUT2D eigenvalue weighted by Crippen LogP contribution is -2.43. The molecule has 14 unspecified atom stereocenters. The molecule has 17 heteroatoms. The van der Waals surface area contributed by atoms with E-state index in [0.717, 1.165) is 12.8 Å². The maximum Gasteiger partial charge on any atom is 0.312 e. The molecule has 14 atom stereocenters. The molecule has 49 heavy (non-hydrogen) atoms. The molecule has 278 valence electrons. The highest BCUT2D eigenvalue weighted by Crippen LogP contribution is 2.48. The summed E-state index contributed by atoms with van der Waals surface area (Å²) < 4.78 is 25.7. The molecule has 6 fully saturated rings. The summed E-state index contributed by atoms with van der Waals surface area (Å²) in [4.78, 5) is 68.4. The normalized spacial score (nSPS) is 39.0. The zero-order valence-electron chi connectivity index (χ0n) is 28.3. The number of hydrogen-bond donors (Lipinski definition) is 6. The molecule has 3 N–H and O–H groups in total. The van der Waals surface area contributed by atoms with Crippen molar-refractivity contribution in [1.29, 1.82) is 0 Å². The van der Waals surface area contributed by atoms with Gasteiger partial charge in [0.1, 0.15) is 5.78 Å². The molecule has 0 saturated carbocycles. The van der Waals surface area contributed by atoms with Gasteiger partial charge in [-0.05, 0) is 37.4 Å². The van der Waals surface area contributed by atoms with Gasteiger partial charge in [-0.25, -0.2) is 0 Å². The average molecular weight is 753 g/mol. The molecule has 6 saturated heterocycles. The molecular weight excluding hydrogens is 705 g/mol. The van der Waals surface area contributed by atoms with Crippen LogP contribution in [0.15, 0.2) is 0 Å². The maximum atomic E-state index is 12.2. The quantitative estimate of drug-likeness (QED) is 0.163. The lowest BCUT2D eigenvalue weighted by atomic mass is 9.73. The molecule has 14 nitrogen and oxygen atoms in total. The van der Waals surface area contributed by atoms with E-state index in [-0.39, 0.29) is 40.0 Å². The Morgan fingerprint density at radius 2 is 1.00 bits per heavy atom. The Kier molecular flexibility index (Phi) is 14.3. The molecule has 0 aromatic heterocycles. The highest BCUT2D eigenvalue weighted by atomic mass is 32.1. The van der Waals surface area contributed by atoms with E-state index in [1.165, 1.54) is 14.2 Å². The molecule has 0 amide bonds. The molecule has 6 rings (SSSR count). The highest BCUT2D eigenvalue weighted by molar-refractivity contribution is 7.81. The van der Waals surface area contributed by atoms with Crippen LogP contribution in [0.5, 0.6) is 0 Å². The molecule has 0 aromatic carbocycles. The highest BCUT2D eigenvalue weighted by Gasteiger charge is 2.61. The number of ether oxygens (including phenoxy) is 5. The molecule has 6 aliphatic heterocycles. The fraction of sp³-hybridized carbons (Fsp3) is 0.812. The molecular formula is C32H48O14S3. The van der Waals surface area contributed by atoms with E-state index in [0.29, 0.717) is 19.3 Å². The Labute approximate surface area is 301 Å². The van der Waals surface area contributed by atoms with Gasteiger partial charge in [0.25, 0.3) is 0 Å². The van der Waals surface area contributed by atoms with Crippen LogP contribution in [-0.2, 0) is 52.5 Å². The number of carboxylic acids is 3. The SMILES string of the molecule is CC(C)(C)CC(=O)C1C2CCC(O2)C1C(=O)O.COC(=O)C1C2CC(S)C(O2)C1C(=O)O.COC(=O)C1C2OC(CC2S)C1C(=O)O.CS. The Hall–Kier alpha value is -2.05. The summed E-state index contributed by atoms with van der Waals surface area (Å²) in [5, 5.41) is 27.1. The minimum absolute atomic E-state index is 0.0529. The van der Waals surface area contributed by atoms with Crippen LogP contribution in [0.3, 0.4) is 0 Å². The van der Waals surface area contributed by atoms with Gasteiger partial charge in [-0.15, -0.1) is 0 Å². The van der Waals surface area contributed by atoms with E-state index in [4.69, 9.17) is 24.4 Å². The van der Waals surface area contributed by atoms with Crippen molar-refractivity contribution in [2.45, 2.75) is 100.0 Å². The molecule has 0 spiro atoms. The van der Waals surface area contributed by atoms with Gasteiger partial charge < -0.3 is 39.0 Å². The Balaban J connectivity index is 0.000000194. The number of methoxy groups -OCH3 is 2. The summed E-state index contributed by atoms with van der Waals surface area (Å²) in [7, 11) is 2.51. The standard InChI is InChI=1S/C13H20O4.2C9H12O5S.CH4S/c1-13(2,3)6-7(14)10-8-4-5-9(17-8)11(10)12(15)16;1-13-9(12)5-3-2-4(15)7(14-3)6(5)8(10)11;1-13-9(12)6-5(8(10)11)3-2-4(15)7(6)14-3;1-2/h8-11H,4-6H2,1-3H3,(H,15,16);2*3-7,15H,2H2,1H3,(H,10,11);2H,1H3. The third-order valence-electron chi connectivity index (χ3n) is 9.80. The second-order valence-electron chi connectivity index (χ2n) is 14.1. The number of rotatable bonds is 7. The van der Waals surface area contributed by atoms with Crippen LogP contribution < -0.4 is 0 Å². The van der Waals surface area contributed by atoms with Gasteiger partial charge in [-0.1, -0.05) is 20.8 Å². The number of carbonyl (C=O) groups excluding carboxylic acids is 3. The first-order valence-electron chi connectivity index (χ1n) is 16.1. The number of aliphatic carboxylic acids is 3. The van der Waals surface area contributed by atoms with Gasteiger partial charge in [0.15, 0.2) is 0 Å². The number of hydrogen-bond acceptors (Lipinski definition) is 14. The third-order valence-corrected chi connectivity index (χ3v) is 10.8. The van der Waals surface area contributed by atoms with Gasteiger partial charge in [-0.3, -0.25) is 28.8 Å². The number of carboxylic acid groups (broad SMARTS) is 3. The van der Waals surface area contributed by atoms with Crippen molar-refractivity contribution >= 4 is 73.5 Å². The van der Waals surface area contributed by atoms with Crippen LogP contribution in [0.25, 0.3) is 0 Å². The Morgan fingerprint density at radius 1 is 0.612 bits per heavy atom. The monoisotopic (exact) mass is 752 g/mol. The van der Waals surface area contributed by atoms with Gasteiger partial charge in [0.2, 0.25) is 0 Å². The smallest absolute Gasteiger partial charge is 0.312 e. The molecule has 6 heterocycles. The lowest BCUT2D eigenvalue weighted by molar-refractivity contribution is -0.156. The zero-order valence-corrected chi connectivity index (χ0v) is 31.0. The van der Waals surface area contributed by atoms with Crippen molar-refractivity contribution in [2.24, 2.45) is 40.9 Å². The van der Waals surface area contributed by atoms with E-state index < -0.39 is 83.7 Å². The number of thiol groups is 3. The van der Waals surface area contributed by atoms with Crippen LogP contribution in [0.2, 0.25) is 0 Å². The van der Waals surface area contributed by atoms with Gasteiger partial charge in [0.05, 0.1) is 86.4 Å². The van der Waals surface area contributed by atoms with Crippen molar-refractivity contribution < 1.29 is 67.8 Å². The van der Waals surface area contributed by atoms with Crippen LogP contribution in [0.4, 0.5) is 0 Å². The van der Waals surface area contributed by atoms with Crippen LogP contribution in [-0.4, -0.2) is 119 Å². The lowest BCUT2D eigenvalue weighted by Gasteiger charge is -2.26. The van der Waals surface area contributed by atoms with Gasteiger partial charge in [-0.2, -0.15) is 37.9 Å². The fourth-order valence-corrected chi connectivity index (χ4v) is 8.85. The van der Waals surface area contributed by atoms with Gasteiger partial charge in [0, 0.05) is 16.9 Å². The minimum atomic E-state index is -1.02. The van der Waals surface area contributed by atoms with Crippen molar-refractivity contribution in [3.05, 3.63) is 0 Å². The summed E-state index contributed by atoms with van der Waals surface area (Å²) in [5.41, 5.74) is -0.0953. The molecule has 6 aliphatic rings. The largest absolute Gasteiger partial charge is 0.481 e. The number of esters is 2. The zero-order chi connectivity index (χ0) is 37.1. The van der Waals surface area contributed by atoms with E-state index in [1.54, 1.807) is 6.26 Å². The van der Waals surface area contributed by atoms with Crippen LogP contribution >= 0.6 is 37.9 Å². The summed E-state index contributed by atoms with van der Waals surface area (Å²) in [6.45, 7) is 5.98. The Morgan fingerprint density at radius 3 is 1.43 bits per heavy atom. The number of fused-ring (bicyclic) bond motifs is 6. The number of Topliss-reactive ketones (excluding diaryl/α,β-unsaturated/α-hetero) is 1. The topological polar surface area (TPSA) is 209 Å². The fourth-order valence-electron chi connectivity index (χ4n) is 7.92. The van der Waals surface area contributed by atoms with Crippen molar-refractivity contribution in [3.63, 3.8) is 0 Å². The van der Waals surface area contributed by atoms with Crippen molar-refractivity contribution in [3.8, 4) is 0 Å². The van der Waals surface area contributed by atoms with Crippen LogP contribution in [0.1, 0.15) is 52.9 Å². The Bertz CT molecular complexity index is 1260. The summed E-state index contributed by atoms with van der Waals surface area (Å²) in [5.74, 6) is -7.92. The van der Waals surface area contributed by atoms with Crippen molar-refractivity contribution in [2.75, 3.05) is 20.5 Å². The van der Waals surface area contributed by atoms with Crippen molar-refractivity contribution in [1.82, 2.24) is 0 Å². The first kappa shape index (κ1) is 41.4. The number of carbonyl (C=O) groups is 6. The second-order valence-corrected chi connectivity index (χ2v) is 15.4. The minimum Gasteiger partial charge on any atom is -0.481 e. The molecule has 0 radical (unpaired) electrons. The first-order valence-corrected chi connectivity index (χ1v) is 18.0. The number of ketones is 1. The van der Waals surface area contributed by atoms with Crippen LogP contribution in [0, 0.1) is 40.9 Å². The maximum absolute atomic E-state index is 12.2. The summed E-state index contributed by atoms with van der Waals surface area (Å²) >= 11 is 12.1. The van der Waals surface area contributed by atoms with E-state index in [2.05, 4.69) is 47.4 Å². The third kappa shape index (κ3) is 8.88. The first-order chi connectivity index (χ1) is 22.9. The predicted molar refractivity (Wildman–Crippen MR) is 182 cm³/mol. The van der Waals surface area contributed by atoms with E-state index >= 15 is 0 Å². The average Bonchev–Trinajstić information content (AvgIpc) is 3.88. The molecule has 0 aromatic rings. The molecule has 6 bridgehead atoms. The van der Waals surface area contributed by atoms with Gasteiger partial charge >= 0.3 is 29.8 Å². The van der Waals surface area contributed by atoms with E-state index in [1.807, 2.05) is 20.8 Å². The molecule has 0 aliphatic carbocycles. The summed E-state index contributed by atoms with van der Waals surface area (Å²) in [6, 6.07) is 0. The summed E-state index contributed by atoms with van der Waals surface area (Å²) in [6.07, 6.45) is 2.86. The predicted octanol–water partition coefficient (Wildman–Crippen LogP) is 2.31. The van der Waals surface area contributed by atoms with E-state index in [9.17, 15) is 33.9 Å².